The number of aryl methyl sites for hydroxylation is 6. The molecule has 0 bridgehead atoms. The molecule has 0 atom stereocenters. The lowest BCUT2D eigenvalue weighted by molar-refractivity contribution is 0.309. The third-order valence-corrected chi connectivity index (χ3v) is 20.1. The van der Waals surface area contributed by atoms with Crippen LogP contribution in [0.5, 0.6) is 34.5 Å². The number of hydrogen-bond donors (Lipinski definition) is 0. The van der Waals surface area contributed by atoms with Crippen molar-refractivity contribution in [1.29, 1.82) is 0 Å². The third-order valence-electron chi connectivity index (χ3n) is 20.1. The summed E-state index contributed by atoms with van der Waals surface area (Å²) in [4.78, 5) is 0. The Morgan fingerprint density at radius 1 is 0.170 bits per heavy atom. The molecule has 0 saturated heterocycles. The van der Waals surface area contributed by atoms with Crippen molar-refractivity contribution in [3.8, 4) is 106 Å². The zero-order valence-electron chi connectivity index (χ0n) is 81.9. The number of benzene rings is 6. The monoisotopic (exact) mass is 1810 g/mol. The molecule has 135 heavy (non-hydrogen) atoms. The molecule has 18 nitrogen and oxygen atoms in total. The van der Waals surface area contributed by atoms with Crippen molar-refractivity contribution in [2.75, 3.05) is 39.6 Å². The zero-order chi connectivity index (χ0) is 95.9. The van der Waals surface area contributed by atoms with Gasteiger partial charge in [-0.25, -0.2) is 0 Å². The standard InChI is InChI=1S/C22H28N2O.C21H26N2O.C20H24N2O.C19H22N2O.C18H20N2O.C17H18N2O/c1-3-5-7-8-9-20-14-15-21(24-23-20)13-10-19-11-16-22(17-12-19)25-18-6-4-2;1-3-5-7-8-19-13-14-20(23-22-19)12-9-18-10-15-21(16-11-18)24-17-6-4-2;1-3-5-7-18-12-13-19(22-21-18)11-8-17-9-14-20(15-10-17)23-16-6-4-2;1-3-5-15-22-19-13-8-16(9-14-19)7-10-18-12-11-17(6-4-2)20-21-18;1-3-5-14-21-18-12-7-15(8-13-18)6-9-17-11-10-16(4-2)19-20-17;1-3-4-13-20-17-11-7-15(8-12-17)6-10-16-9-5-14(2)18-19-16/h11-12,14-17H,3-9,18H2,1-2H3;10-11,13-16H,3-8,17H2,1-2H3;9-10,12-15H,3-7,16H2,1-2H3;8-9,11-14H,3-6,15H2,1-2H3;7-8,10-13H,3-5,14H2,1-2H3;5,7-9,11-12H,3-4,13H2,1-2H3. The molecule has 0 amide bonds. The average molecular weight is 1810 g/mol. The van der Waals surface area contributed by atoms with Crippen molar-refractivity contribution in [2.24, 2.45) is 0 Å². The molecule has 18 heteroatoms. The lowest BCUT2D eigenvalue weighted by Gasteiger charge is -2.04. The zero-order valence-corrected chi connectivity index (χ0v) is 81.9. The van der Waals surface area contributed by atoms with Crippen LogP contribution in [0.4, 0.5) is 0 Å². The molecule has 0 spiro atoms. The number of hydrogen-bond acceptors (Lipinski definition) is 18. The van der Waals surface area contributed by atoms with E-state index >= 15 is 0 Å². The first-order valence-corrected chi connectivity index (χ1v) is 48.8. The fraction of sp³-hybridized carbons (Fsp3) is 0.385. The minimum atomic E-state index is 0.680. The molecule has 12 aromatic rings. The highest BCUT2D eigenvalue weighted by Crippen LogP contribution is 2.20. The number of unbranched alkanes of at least 4 members (excludes halogenated alkanes) is 12. The van der Waals surface area contributed by atoms with Crippen LogP contribution in [0.25, 0.3) is 0 Å². The Kier molecular flexibility index (Phi) is 55.1. The molecule has 0 aliphatic rings. The van der Waals surface area contributed by atoms with E-state index in [1.165, 1.54) is 51.4 Å². The maximum atomic E-state index is 5.65. The molecular formula is C117H138N12O6. The SMILES string of the molecule is CCCCCCc1ccc(C#Cc2ccc(OCCCC)cc2)nn1.CCCCCc1ccc(C#Cc2ccc(OCCCC)cc2)nn1.CCCCOc1ccc(C#Cc2ccc(C)nn2)cc1.CCCCOc1ccc(C#Cc2ccc(CC)nn2)cc1.CCCCOc1ccc(C#Cc2ccc(CCC)nn2)cc1.CCCCOc1ccc(C#Cc2ccc(CCCC)nn2)cc1. The number of aromatic nitrogens is 12. The Labute approximate surface area is 806 Å². The van der Waals surface area contributed by atoms with Gasteiger partial charge in [0, 0.05) is 33.4 Å². The Morgan fingerprint density at radius 2 is 0.378 bits per heavy atom. The van der Waals surface area contributed by atoms with Crippen molar-refractivity contribution in [3.05, 3.63) is 320 Å². The van der Waals surface area contributed by atoms with Crippen molar-refractivity contribution in [1.82, 2.24) is 61.2 Å². The van der Waals surface area contributed by atoms with Gasteiger partial charge in [0.05, 0.1) is 73.8 Å². The number of nitrogens with zero attached hydrogens (tertiary/aromatic N) is 12. The van der Waals surface area contributed by atoms with Crippen LogP contribution < -0.4 is 28.4 Å². The molecule has 0 N–H and O–H groups in total. The molecule has 12 rings (SSSR count). The summed E-state index contributed by atoms with van der Waals surface area (Å²) in [6, 6.07) is 70.5. The van der Waals surface area contributed by atoms with Crippen LogP contribution in [-0.4, -0.2) is 101 Å². The van der Waals surface area contributed by atoms with Gasteiger partial charge in [0.2, 0.25) is 0 Å². The predicted octanol–water partition coefficient (Wildman–Crippen LogP) is 25.4. The molecule has 0 aliphatic carbocycles. The Hall–Kier alpha value is -14.0. The average Bonchev–Trinajstić information content (AvgIpc) is 0.905. The van der Waals surface area contributed by atoms with Crippen molar-refractivity contribution in [3.63, 3.8) is 0 Å². The Bertz CT molecular complexity index is 5540. The first kappa shape index (κ1) is 108. The summed E-state index contributed by atoms with van der Waals surface area (Å²) in [6.45, 7) is 30.2. The van der Waals surface area contributed by atoms with E-state index in [4.69, 9.17) is 28.4 Å². The molecule has 0 saturated carbocycles. The van der Waals surface area contributed by atoms with Gasteiger partial charge in [0.1, 0.15) is 68.7 Å². The van der Waals surface area contributed by atoms with Crippen LogP contribution in [0.15, 0.2) is 218 Å². The van der Waals surface area contributed by atoms with E-state index in [0.29, 0.717) is 34.2 Å². The first-order chi connectivity index (χ1) is 66.3. The quantitative estimate of drug-likeness (QED) is 0.0259. The predicted molar refractivity (Wildman–Crippen MR) is 547 cm³/mol. The summed E-state index contributed by atoms with van der Waals surface area (Å²) in [7, 11) is 0. The van der Waals surface area contributed by atoms with Crippen molar-refractivity contribution in [2.45, 2.75) is 256 Å². The van der Waals surface area contributed by atoms with Crippen LogP contribution in [0.2, 0.25) is 0 Å². The van der Waals surface area contributed by atoms with E-state index in [1.54, 1.807) is 0 Å². The van der Waals surface area contributed by atoms with Gasteiger partial charge in [-0.3, -0.25) is 0 Å². The summed E-state index contributed by atoms with van der Waals surface area (Å²) in [6.07, 6.45) is 30.1. The van der Waals surface area contributed by atoms with Crippen LogP contribution in [0.3, 0.4) is 0 Å². The van der Waals surface area contributed by atoms with Gasteiger partial charge in [-0.15, -0.1) is 30.6 Å². The highest BCUT2D eigenvalue weighted by molar-refractivity contribution is 5.48. The summed E-state index contributed by atoms with van der Waals surface area (Å²) in [5, 5.41) is 49.8. The summed E-state index contributed by atoms with van der Waals surface area (Å²) in [5.74, 6) is 42.2. The number of ether oxygens (including phenoxy) is 6. The van der Waals surface area contributed by atoms with Gasteiger partial charge in [-0.05, 0) is 351 Å². The van der Waals surface area contributed by atoms with Gasteiger partial charge < -0.3 is 28.4 Å². The molecule has 0 aliphatic heterocycles. The van der Waals surface area contributed by atoms with Crippen LogP contribution >= 0.6 is 0 Å². The summed E-state index contributed by atoms with van der Waals surface area (Å²) < 4.78 is 33.8. The van der Waals surface area contributed by atoms with Gasteiger partial charge in [-0.1, -0.05) is 195 Å². The fourth-order valence-corrected chi connectivity index (χ4v) is 11.9. The second kappa shape index (κ2) is 68.9. The van der Waals surface area contributed by atoms with E-state index < -0.39 is 0 Å². The highest BCUT2D eigenvalue weighted by Gasteiger charge is 2.06. The minimum Gasteiger partial charge on any atom is -0.494 e. The smallest absolute Gasteiger partial charge is 0.136 e. The van der Waals surface area contributed by atoms with Gasteiger partial charge in [-0.2, -0.15) is 30.6 Å². The lowest BCUT2D eigenvalue weighted by atomic mass is 10.1. The summed E-state index contributed by atoms with van der Waals surface area (Å²) >= 11 is 0. The van der Waals surface area contributed by atoms with Gasteiger partial charge in [0.15, 0.2) is 0 Å². The maximum Gasteiger partial charge on any atom is 0.136 e. The normalized spacial score (nSPS) is 9.96. The largest absolute Gasteiger partial charge is 0.494 e. The molecule has 702 valence electrons. The fourth-order valence-electron chi connectivity index (χ4n) is 11.9. The van der Waals surface area contributed by atoms with Crippen LogP contribution in [0.1, 0.15) is 319 Å². The van der Waals surface area contributed by atoms with E-state index in [1.807, 2.05) is 225 Å². The lowest BCUT2D eigenvalue weighted by Crippen LogP contribution is -1.96. The number of rotatable bonds is 39. The molecule has 0 unspecified atom stereocenters. The molecule has 0 fully saturated rings. The second-order valence-electron chi connectivity index (χ2n) is 31.9. The van der Waals surface area contributed by atoms with Gasteiger partial charge in [0.25, 0.3) is 0 Å². The molecule has 6 aromatic heterocycles. The minimum absolute atomic E-state index is 0.680. The van der Waals surface area contributed by atoms with E-state index in [-0.39, 0.29) is 0 Å². The van der Waals surface area contributed by atoms with Gasteiger partial charge >= 0.3 is 0 Å². The van der Waals surface area contributed by atoms with Crippen molar-refractivity contribution >= 4 is 0 Å². The van der Waals surface area contributed by atoms with Crippen molar-refractivity contribution < 1.29 is 28.4 Å². The van der Waals surface area contributed by atoms with E-state index in [0.717, 1.165) is 264 Å². The molecule has 0 radical (unpaired) electrons. The molecule has 6 aromatic carbocycles. The second-order valence-corrected chi connectivity index (χ2v) is 31.9. The topological polar surface area (TPSA) is 210 Å². The van der Waals surface area contributed by atoms with Crippen LogP contribution in [0, 0.1) is 78.0 Å². The molecule has 6 heterocycles. The Morgan fingerprint density at radius 3 is 0.585 bits per heavy atom. The van der Waals surface area contributed by atoms with E-state index in [9.17, 15) is 0 Å². The van der Waals surface area contributed by atoms with E-state index in [2.05, 4.69) is 208 Å². The molecular weight excluding hydrogens is 1670 g/mol. The maximum absolute atomic E-state index is 5.65. The third kappa shape index (κ3) is 48.3. The summed E-state index contributed by atoms with van der Waals surface area (Å²) in [5.41, 5.74) is 15.9. The Balaban J connectivity index is 0.000000221. The first-order valence-electron chi connectivity index (χ1n) is 48.8. The highest BCUT2D eigenvalue weighted by atomic mass is 16.5. The van der Waals surface area contributed by atoms with Crippen LogP contribution in [-0.2, 0) is 32.1 Å².